The molecule has 3 nitrogen and oxygen atoms in total. The fraction of sp³-hybridized carbons (Fsp3) is 0.462. The van der Waals surface area contributed by atoms with Gasteiger partial charge in [-0.25, -0.2) is 13.2 Å². The van der Waals surface area contributed by atoms with Crippen molar-refractivity contribution in [3.05, 3.63) is 35.1 Å². The highest BCUT2D eigenvalue weighted by molar-refractivity contribution is 5.94. The minimum absolute atomic E-state index is 0.161. The molecule has 106 valence electrons. The average molecular weight is 274 g/mol. The summed E-state index contributed by atoms with van der Waals surface area (Å²) in [6.45, 7) is 4.04. The SMILES string of the molecule is CC(C)CC(CN)NC(=O)c1c(F)cc(F)cc1F. The molecule has 0 aliphatic heterocycles. The van der Waals surface area contributed by atoms with Gasteiger partial charge in [0.25, 0.3) is 5.91 Å². The van der Waals surface area contributed by atoms with Gasteiger partial charge in [-0.2, -0.15) is 0 Å². The Morgan fingerprint density at radius 3 is 2.21 bits per heavy atom. The van der Waals surface area contributed by atoms with Gasteiger partial charge in [0.1, 0.15) is 23.0 Å². The van der Waals surface area contributed by atoms with Crippen LogP contribution in [-0.4, -0.2) is 18.5 Å². The second-order valence-corrected chi connectivity index (χ2v) is 4.78. The van der Waals surface area contributed by atoms with Gasteiger partial charge in [-0.15, -0.1) is 0 Å². The minimum atomic E-state index is -1.23. The van der Waals surface area contributed by atoms with E-state index in [0.29, 0.717) is 18.6 Å². The molecule has 0 radical (unpaired) electrons. The molecule has 1 unspecified atom stereocenters. The maximum Gasteiger partial charge on any atom is 0.257 e. The summed E-state index contributed by atoms with van der Waals surface area (Å²) < 4.78 is 39.6. The normalized spacial score (nSPS) is 12.6. The van der Waals surface area contributed by atoms with Crippen molar-refractivity contribution in [2.75, 3.05) is 6.54 Å². The summed E-state index contributed by atoms with van der Waals surface area (Å²) in [5.74, 6) is -4.17. The first-order valence-corrected chi connectivity index (χ1v) is 6.00. The Morgan fingerprint density at radius 1 is 1.26 bits per heavy atom. The molecule has 1 aromatic rings. The smallest absolute Gasteiger partial charge is 0.257 e. The van der Waals surface area contributed by atoms with Crippen LogP contribution in [0.1, 0.15) is 30.6 Å². The van der Waals surface area contributed by atoms with Crippen LogP contribution in [0.15, 0.2) is 12.1 Å². The molecule has 19 heavy (non-hydrogen) atoms. The fourth-order valence-corrected chi connectivity index (χ4v) is 1.80. The van der Waals surface area contributed by atoms with E-state index in [-0.39, 0.29) is 18.5 Å². The lowest BCUT2D eigenvalue weighted by Gasteiger charge is -2.19. The molecule has 0 aromatic heterocycles. The molecular weight excluding hydrogens is 257 g/mol. The highest BCUT2D eigenvalue weighted by Crippen LogP contribution is 2.15. The van der Waals surface area contributed by atoms with E-state index in [1.165, 1.54) is 0 Å². The molecule has 1 aromatic carbocycles. The van der Waals surface area contributed by atoms with Crippen LogP contribution in [0.2, 0.25) is 0 Å². The molecule has 0 heterocycles. The van der Waals surface area contributed by atoms with Crippen molar-refractivity contribution < 1.29 is 18.0 Å². The lowest BCUT2D eigenvalue weighted by Crippen LogP contribution is -2.41. The number of nitrogens with two attached hydrogens (primary N) is 1. The monoisotopic (exact) mass is 274 g/mol. The minimum Gasteiger partial charge on any atom is -0.348 e. The molecule has 1 amide bonds. The van der Waals surface area contributed by atoms with E-state index in [2.05, 4.69) is 5.32 Å². The fourth-order valence-electron chi connectivity index (χ4n) is 1.80. The lowest BCUT2D eigenvalue weighted by atomic mass is 10.0. The lowest BCUT2D eigenvalue weighted by molar-refractivity contribution is 0.0925. The number of nitrogens with one attached hydrogen (secondary N) is 1. The third-order valence-corrected chi connectivity index (χ3v) is 2.61. The topological polar surface area (TPSA) is 55.1 Å². The van der Waals surface area contributed by atoms with Crippen molar-refractivity contribution in [1.29, 1.82) is 0 Å². The molecule has 1 atom stereocenters. The van der Waals surface area contributed by atoms with Crippen LogP contribution in [0.4, 0.5) is 13.2 Å². The van der Waals surface area contributed by atoms with Crippen LogP contribution >= 0.6 is 0 Å². The second-order valence-electron chi connectivity index (χ2n) is 4.78. The van der Waals surface area contributed by atoms with E-state index in [9.17, 15) is 18.0 Å². The first kappa shape index (κ1) is 15.5. The van der Waals surface area contributed by atoms with Crippen molar-refractivity contribution >= 4 is 5.91 Å². The Morgan fingerprint density at radius 2 is 1.79 bits per heavy atom. The average Bonchev–Trinajstić information content (AvgIpc) is 2.25. The van der Waals surface area contributed by atoms with Gasteiger partial charge < -0.3 is 11.1 Å². The van der Waals surface area contributed by atoms with Crippen molar-refractivity contribution in [3.8, 4) is 0 Å². The Hall–Kier alpha value is -1.56. The molecule has 0 aliphatic carbocycles. The summed E-state index contributed by atoms with van der Waals surface area (Å²) in [6, 6.07) is 0.562. The predicted octanol–water partition coefficient (Wildman–Crippen LogP) is 2.21. The van der Waals surface area contributed by atoms with Crippen LogP contribution in [-0.2, 0) is 0 Å². The number of hydrogen-bond donors (Lipinski definition) is 2. The van der Waals surface area contributed by atoms with E-state index < -0.39 is 28.9 Å². The standard InChI is InChI=1S/C13H17F3N2O/c1-7(2)3-9(6-17)18-13(19)12-10(15)4-8(14)5-11(12)16/h4-5,7,9H,3,6,17H2,1-2H3,(H,18,19). The summed E-state index contributed by atoms with van der Waals surface area (Å²) in [5.41, 5.74) is 4.70. The van der Waals surface area contributed by atoms with Crippen LogP contribution in [0.25, 0.3) is 0 Å². The number of benzene rings is 1. The van der Waals surface area contributed by atoms with Gasteiger partial charge >= 0.3 is 0 Å². The Labute approximate surface area is 110 Å². The maximum atomic E-state index is 13.4. The third kappa shape index (κ3) is 4.24. The van der Waals surface area contributed by atoms with Gasteiger partial charge in [0.05, 0.1) is 0 Å². The Balaban J connectivity index is 2.89. The van der Waals surface area contributed by atoms with E-state index >= 15 is 0 Å². The zero-order chi connectivity index (χ0) is 14.6. The van der Waals surface area contributed by atoms with Gasteiger partial charge in [0.15, 0.2) is 0 Å². The highest BCUT2D eigenvalue weighted by Gasteiger charge is 2.21. The molecule has 0 saturated heterocycles. The summed E-state index contributed by atoms with van der Waals surface area (Å²) >= 11 is 0. The molecule has 3 N–H and O–H groups in total. The number of amides is 1. The molecule has 6 heteroatoms. The van der Waals surface area contributed by atoms with Crippen LogP contribution in [0, 0.1) is 23.4 Å². The molecule has 0 fully saturated rings. The van der Waals surface area contributed by atoms with Gasteiger partial charge in [0, 0.05) is 24.7 Å². The van der Waals surface area contributed by atoms with E-state index in [4.69, 9.17) is 5.73 Å². The second kappa shape index (κ2) is 6.56. The van der Waals surface area contributed by atoms with E-state index in [0.717, 1.165) is 0 Å². The third-order valence-electron chi connectivity index (χ3n) is 2.61. The first-order chi connectivity index (χ1) is 8.85. The van der Waals surface area contributed by atoms with Crippen molar-refractivity contribution in [2.45, 2.75) is 26.3 Å². The largest absolute Gasteiger partial charge is 0.348 e. The van der Waals surface area contributed by atoms with E-state index in [1.807, 2.05) is 13.8 Å². The first-order valence-electron chi connectivity index (χ1n) is 6.00. The summed E-state index contributed by atoms with van der Waals surface area (Å²) in [4.78, 5) is 11.8. The molecule has 1 rings (SSSR count). The molecule has 0 spiro atoms. The summed E-state index contributed by atoms with van der Waals surface area (Å²) in [7, 11) is 0. The number of rotatable bonds is 5. The zero-order valence-corrected chi connectivity index (χ0v) is 10.8. The number of carbonyl (C=O) groups is 1. The van der Waals surface area contributed by atoms with Crippen molar-refractivity contribution in [2.24, 2.45) is 11.7 Å². The Bertz CT molecular complexity index is 440. The zero-order valence-electron chi connectivity index (χ0n) is 10.8. The highest BCUT2D eigenvalue weighted by atomic mass is 19.1. The molecule has 0 saturated carbocycles. The van der Waals surface area contributed by atoms with Gasteiger partial charge in [-0.05, 0) is 12.3 Å². The number of hydrogen-bond acceptors (Lipinski definition) is 2. The van der Waals surface area contributed by atoms with Crippen molar-refractivity contribution in [3.63, 3.8) is 0 Å². The van der Waals surface area contributed by atoms with Crippen LogP contribution in [0.3, 0.4) is 0 Å². The van der Waals surface area contributed by atoms with Crippen LogP contribution in [0.5, 0.6) is 0 Å². The van der Waals surface area contributed by atoms with Crippen LogP contribution < -0.4 is 11.1 Å². The van der Waals surface area contributed by atoms with E-state index in [1.54, 1.807) is 0 Å². The quantitative estimate of drug-likeness (QED) is 0.865. The van der Waals surface area contributed by atoms with Gasteiger partial charge in [-0.1, -0.05) is 13.8 Å². The maximum absolute atomic E-state index is 13.4. The van der Waals surface area contributed by atoms with Crippen molar-refractivity contribution in [1.82, 2.24) is 5.32 Å². The number of carbonyl (C=O) groups excluding carboxylic acids is 1. The van der Waals surface area contributed by atoms with Gasteiger partial charge in [-0.3, -0.25) is 4.79 Å². The molecular formula is C13H17F3N2O. The Kier molecular flexibility index (Phi) is 5.35. The molecule has 0 bridgehead atoms. The number of halogens is 3. The molecule has 0 aliphatic rings. The summed E-state index contributed by atoms with van der Waals surface area (Å²) in [5, 5.41) is 2.45. The summed E-state index contributed by atoms with van der Waals surface area (Å²) in [6.07, 6.45) is 0.590. The predicted molar refractivity (Wildman–Crippen MR) is 66.1 cm³/mol. The van der Waals surface area contributed by atoms with Gasteiger partial charge in [0.2, 0.25) is 0 Å².